The predicted molar refractivity (Wildman–Crippen MR) is 136 cm³/mol. The number of amides is 2. The predicted octanol–water partition coefficient (Wildman–Crippen LogP) is 7.41. The Balaban J connectivity index is 1.83. The second-order valence-electron chi connectivity index (χ2n) is 9.66. The van der Waals surface area contributed by atoms with Gasteiger partial charge in [0.05, 0.1) is 21.8 Å². The first-order valence-electron chi connectivity index (χ1n) is 11.3. The van der Waals surface area contributed by atoms with Crippen molar-refractivity contribution < 1.29 is 27.5 Å². The highest BCUT2D eigenvalue weighted by Crippen LogP contribution is 2.50. The van der Waals surface area contributed by atoms with Crippen LogP contribution < -0.4 is 5.32 Å². The number of carbonyl (C=O) groups is 2. The lowest BCUT2D eigenvalue weighted by Crippen LogP contribution is -2.46. The number of rotatable bonds is 3. The van der Waals surface area contributed by atoms with Crippen molar-refractivity contribution in [2.75, 3.05) is 5.32 Å². The van der Waals surface area contributed by atoms with Crippen LogP contribution in [-0.2, 0) is 22.1 Å². The molecule has 36 heavy (non-hydrogen) atoms. The Hall–Kier alpha value is -2.92. The number of aromatic nitrogens is 1. The summed E-state index contributed by atoms with van der Waals surface area (Å²) >= 11 is 2.58. The lowest BCUT2D eigenvalue weighted by Gasteiger charge is -2.39. The lowest BCUT2D eigenvalue weighted by atomic mass is 9.93. The summed E-state index contributed by atoms with van der Waals surface area (Å²) in [7, 11) is 0. The normalized spacial score (nSPS) is 18.2. The molecule has 0 saturated carbocycles. The summed E-state index contributed by atoms with van der Waals surface area (Å²) in [5, 5.41) is 3.85. The van der Waals surface area contributed by atoms with Crippen molar-refractivity contribution in [2.45, 2.75) is 64.9 Å². The van der Waals surface area contributed by atoms with Crippen LogP contribution >= 0.6 is 22.7 Å². The van der Waals surface area contributed by atoms with Crippen LogP contribution in [0.4, 0.5) is 23.0 Å². The number of anilines is 1. The topological polar surface area (TPSA) is 71.5 Å². The van der Waals surface area contributed by atoms with E-state index in [1.165, 1.54) is 28.7 Å². The van der Waals surface area contributed by atoms with Crippen LogP contribution in [0.15, 0.2) is 30.9 Å². The van der Waals surface area contributed by atoms with Crippen LogP contribution in [0.5, 0.6) is 0 Å². The quantitative estimate of drug-likeness (QED) is 0.353. The van der Waals surface area contributed by atoms with Crippen LogP contribution in [0.1, 0.15) is 56.7 Å². The Morgan fingerprint density at radius 3 is 2.53 bits per heavy atom. The van der Waals surface area contributed by atoms with Crippen LogP contribution in [-0.4, -0.2) is 33.5 Å². The van der Waals surface area contributed by atoms with Crippen molar-refractivity contribution in [3.05, 3.63) is 46.9 Å². The minimum Gasteiger partial charge on any atom is -0.444 e. The Morgan fingerprint density at radius 2 is 1.92 bits per heavy atom. The van der Waals surface area contributed by atoms with E-state index < -0.39 is 29.3 Å². The van der Waals surface area contributed by atoms with Gasteiger partial charge >= 0.3 is 12.3 Å². The Morgan fingerprint density at radius 1 is 1.22 bits per heavy atom. The zero-order valence-corrected chi connectivity index (χ0v) is 22.1. The number of hydrogen-bond acceptors (Lipinski definition) is 6. The number of nitrogens with zero attached hydrogens (tertiary/aromatic N) is 2. The highest BCUT2D eigenvalue weighted by molar-refractivity contribution is 7.23. The standard InChI is InChI=1S/C25H26F3N3O3S2/c1-7-18(32)30-22-19(21-29-16-11-14(25(26,27)28)8-9-17(16)35-21)15-10-12(2)31(13(3)20(15)36-22)23(33)34-24(4,5)6/h7-9,11-13H,1,10H2,2-6H3,(H,30,32). The SMILES string of the molecule is C=CC(=O)Nc1sc2c(c1-c1nc3cc(C(F)(F)F)ccc3s1)CC(C)N(C(=O)OC(C)(C)C)C2C. The number of thiophene rings is 1. The third kappa shape index (κ3) is 4.99. The van der Waals surface area contributed by atoms with E-state index in [9.17, 15) is 22.8 Å². The number of halogens is 3. The molecule has 0 fully saturated rings. The first kappa shape index (κ1) is 26.2. The highest BCUT2D eigenvalue weighted by atomic mass is 32.1. The summed E-state index contributed by atoms with van der Waals surface area (Å²) in [5.41, 5.74) is 0.390. The molecule has 4 rings (SSSR count). The molecule has 11 heteroatoms. The molecule has 2 aromatic heterocycles. The number of ether oxygens (including phenoxy) is 1. The maximum absolute atomic E-state index is 13.2. The maximum Gasteiger partial charge on any atom is 0.416 e. The van der Waals surface area contributed by atoms with Gasteiger partial charge < -0.3 is 10.1 Å². The molecule has 0 radical (unpaired) electrons. The summed E-state index contributed by atoms with van der Waals surface area (Å²) in [6.45, 7) is 12.7. The fraction of sp³-hybridized carbons (Fsp3) is 0.400. The second kappa shape index (κ2) is 9.19. The van der Waals surface area contributed by atoms with Crippen molar-refractivity contribution in [3.63, 3.8) is 0 Å². The van der Waals surface area contributed by atoms with E-state index in [4.69, 9.17) is 4.74 Å². The van der Waals surface area contributed by atoms with E-state index in [2.05, 4.69) is 16.9 Å². The van der Waals surface area contributed by atoms with Crippen molar-refractivity contribution in [1.82, 2.24) is 9.88 Å². The molecule has 1 aliphatic rings. The van der Waals surface area contributed by atoms with Gasteiger partial charge in [0.2, 0.25) is 5.91 Å². The number of thiazole rings is 1. The van der Waals surface area contributed by atoms with Crippen molar-refractivity contribution in [3.8, 4) is 10.6 Å². The average molecular weight is 538 g/mol. The number of fused-ring (bicyclic) bond motifs is 2. The average Bonchev–Trinajstić information content (AvgIpc) is 3.31. The molecule has 1 N–H and O–H groups in total. The molecule has 1 aliphatic heterocycles. The number of carbonyl (C=O) groups excluding carboxylic acids is 2. The third-order valence-electron chi connectivity index (χ3n) is 5.76. The summed E-state index contributed by atoms with van der Waals surface area (Å²) in [6, 6.07) is 2.92. The molecule has 6 nitrogen and oxygen atoms in total. The number of nitrogens with one attached hydrogen (secondary N) is 1. The zero-order chi connectivity index (χ0) is 26.6. The van der Waals surface area contributed by atoms with E-state index in [-0.39, 0.29) is 17.6 Å². The highest BCUT2D eigenvalue weighted by Gasteiger charge is 2.39. The molecule has 0 saturated heterocycles. The minimum atomic E-state index is -4.47. The van der Waals surface area contributed by atoms with Crippen LogP contribution in [0.2, 0.25) is 0 Å². The van der Waals surface area contributed by atoms with Crippen molar-refractivity contribution >= 4 is 49.9 Å². The fourth-order valence-corrected chi connectivity index (χ4v) is 6.64. The van der Waals surface area contributed by atoms with Gasteiger partial charge in [-0.1, -0.05) is 6.58 Å². The van der Waals surface area contributed by atoms with Gasteiger partial charge in [-0.3, -0.25) is 9.69 Å². The van der Waals surface area contributed by atoms with Gasteiger partial charge in [0, 0.05) is 16.5 Å². The summed E-state index contributed by atoms with van der Waals surface area (Å²) in [5.74, 6) is -0.417. The lowest BCUT2D eigenvalue weighted by molar-refractivity contribution is -0.137. The molecule has 0 aliphatic carbocycles. The Bertz CT molecular complexity index is 1350. The first-order valence-corrected chi connectivity index (χ1v) is 12.9. The second-order valence-corrected chi connectivity index (χ2v) is 11.7. The van der Waals surface area contributed by atoms with E-state index in [1.807, 2.05) is 13.8 Å². The van der Waals surface area contributed by atoms with Gasteiger partial charge in [-0.05, 0) is 70.9 Å². The van der Waals surface area contributed by atoms with Gasteiger partial charge in [-0.2, -0.15) is 13.2 Å². The molecule has 192 valence electrons. The van der Waals surface area contributed by atoms with Gasteiger partial charge in [0.15, 0.2) is 0 Å². The monoisotopic (exact) mass is 537 g/mol. The van der Waals surface area contributed by atoms with Crippen molar-refractivity contribution in [2.24, 2.45) is 0 Å². The molecule has 1 aromatic carbocycles. The van der Waals surface area contributed by atoms with E-state index in [1.54, 1.807) is 25.7 Å². The molecule has 0 spiro atoms. The van der Waals surface area contributed by atoms with E-state index in [0.29, 0.717) is 26.7 Å². The molecular formula is C25H26F3N3O3S2. The molecule has 2 unspecified atom stereocenters. The molecule has 3 aromatic rings. The fourth-order valence-electron chi connectivity index (χ4n) is 4.27. The minimum absolute atomic E-state index is 0.218. The third-order valence-corrected chi connectivity index (χ3v) is 8.14. The van der Waals surface area contributed by atoms with Crippen LogP contribution in [0.25, 0.3) is 20.8 Å². The Labute approximate surface area is 214 Å². The molecule has 0 bridgehead atoms. The summed E-state index contributed by atoms with van der Waals surface area (Å²) in [6.07, 6.45) is -3.29. The molecule has 2 amide bonds. The van der Waals surface area contributed by atoms with Gasteiger partial charge in [-0.25, -0.2) is 9.78 Å². The smallest absolute Gasteiger partial charge is 0.416 e. The van der Waals surface area contributed by atoms with Crippen molar-refractivity contribution in [1.29, 1.82) is 0 Å². The Kier molecular flexibility index (Phi) is 6.67. The number of alkyl halides is 3. The van der Waals surface area contributed by atoms with Gasteiger partial charge in [0.25, 0.3) is 0 Å². The number of benzene rings is 1. The van der Waals surface area contributed by atoms with Gasteiger partial charge in [-0.15, -0.1) is 22.7 Å². The summed E-state index contributed by atoms with van der Waals surface area (Å²) in [4.78, 5) is 32.3. The van der Waals surface area contributed by atoms with E-state index in [0.717, 1.165) is 28.6 Å². The van der Waals surface area contributed by atoms with Crippen LogP contribution in [0.3, 0.4) is 0 Å². The molecule has 3 heterocycles. The number of hydrogen-bond donors (Lipinski definition) is 1. The molecular weight excluding hydrogens is 511 g/mol. The maximum atomic E-state index is 13.2. The van der Waals surface area contributed by atoms with E-state index >= 15 is 0 Å². The van der Waals surface area contributed by atoms with Crippen LogP contribution in [0, 0.1) is 0 Å². The summed E-state index contributed by atoms with van der Waals surface area (Å²) < 4.78 is 45.9. The van der Waals surface area contributed by atoms with Gasteiger partial charge in [0.1, 0.15) is 15.6 Å². The largest absolute Gasteiger partial charge is 0.444 e. The molecule has 2 atom stereocenters. The first-order chi connectivity index (χ1) is 16.7. The zero-order valence-electron chi connectivity index (χ0n) is 20.4.